The van der Waals surface area contributed by atoms with Gasteiger partial charge >= 0.3 is 5.97 Å². The summed E-state index contributed by atoms with van der Waals surface area (Å²) in [7, 11) is 0. The number of aliphatic carboxylic acids is 1. The molecule has 19 heavy (non-hydrogen) atoms. The Morgan fingerprint density at radius 1 is 1.42 bits per heavy atom. The second-order valence-electron chi connectivity index (χ2n) is 4.73. The number of benzene rings is 1. The lowest BCUT2D eigenvalue weighted by atomic mass is 9.96. The van der Waals surface area contributed by atoms with Crippen molar-refractivity contribution < 1.29 is 9.90 Å². The first kappa shape index (κ1) is 12.2. The van der Waals surface area contributed by atoms with Crippen molar-refractivity contribution in [2.75, 3.05) is 0 Å². The minimum atomic E-state index is -0.730. The topological polar surface area (TPSA) is 55.1 Å². The average Bonchev–Trinajstić information content (AvgIpc) is 2.82. The van der Waals surface area contributed by atoms with Crippen molar-refractivity contribution in [2.24, 2.45) is 5.92 Å². The standard InChI is InChI=1S/C14H13ClN2O2/c15-12-4-2-1-3-11(12)13-16-8-10-7-9(14(18)19)5-6-17(10)13/h1-4,8-9H,5-7H2,(H,18,19). The van der Waals surface area contributed by atoms with E-state index in [1.165, 1.54) is 0 Å². The summed E-state index contributed by atoms with van der Waals surface area (Å²) in [6.45, 7) is 0.673. The molecule has 0 saturated carbocycles. The molecule has 4 nitrogen and oxygen atoms in total. The number of halogens is 1. The summed E-state index contributed by atoms with van der Waals surface area (Å²) in [6.07, 6.45) is 2.93. The third kappa shape index (κ3) is 2.12. The van der Waals surface area contributed by atoms with Gasteiger partial charge in [0.1, 0.15) is 5.82 Å². The molecular weight excluding hydrogens is 264 g/mol. The largest absolute Gasteiger partial charge is 0.481 e. The molecule has 1 unspecified atom stereocenters. The van der Waals surface area contributed by atoms with Crippen molar-refractivity contribution in [3.8, 4) is 11.4 Å². The number of carboxylic acid groups (broad SMARTS) is 1. The lowest BCUT2D eigenvalue weighted by Crippen LogP contribution is -2.25. The van der Waals surface area contributed by atoms with Crippen LogP contribution in [0.15, 0.2) is 30.5 Å². The van der Waals surface area contributed by atoms with Gasteiger partial charge in [0.25, 0.3) is 0 Å². The van der Waals surface area contributed by atoms with E-state index in [0.29, 0.717) is 24.4 Å². The number of fused-ring (bicyclic) bond motifs is 1. The van der Waals surface area contributed by atoms with Gasteiger partial charge in [-0.25, -0.2) is 4.98 Å². The first-order valence-corrected chi connectivity index (χ1v) is 6.56. The van der Waals surface area contributed by atoms with E-state index in [4.69, 9.17) is 16.7 Å². The third-order valence-electron chi connectivity index (χ3n) is 3.56. The van der Waals surface area contributed by atoms with Crippen LogP contribution in [0.25, 0.3) is 11.4 Å². The molecule has 1 aromatic carbocycles. The number of hydrogen-bond acceptors (Lipinski definition) is 2. The molecule has 0 amide bonds. The van der Waals surface area contributed by atoms with Crippen molar-refractivity contribution in [1.82, 2.24) is 9.55 Å². The Balaban J connectivity index is 2.00. The minimum absolute atomic E-state index is 0.303. The van der Waals surface area contributed by atoms with Gasteiger partial charge in [0.2, 0.25) is 0 Å². The SMILES string of the molecule is O=C(O)C1CCn2c(cnc2-c2ccccc2Cl)C1. The van der Waals surface area contributed by atoms with Crippen LogP contribution in [-0.2, 0) is 17.8 Å². The van der Waals surface area contributed by atoms with Crippen LogP contribution >= 0.6 is 11.6 Å². The highest BCUT2D eigenvalue weighted by molar-refractivity contribution is 6.33. The molecule has 3 rings (SSSR count). The molecule has 1 aliphatic heterocycles. The summed E-state index contributed by atoms with van der Waals surface area (Å²) in [5, 5.41) is 9.74. The monoisotopic (exact) mass is 276 g/mol. The molecule has 0 fully saturated rings. The Morgan fingerprint density at radius 2 is 2.21 bits per heavy atom. The first-order chi connectivity index (χ1) is 9.16. The van der Waals surface area contributed by atoms with Crippen LogP contribution in [0.5, 0.6) is 0 Å². The van der Waals surface area contributed by atoms with Gasteiger partial charge in [-0.15, -0.1) is 0 Å². The zero-order chi connectivity index (χ0) is 13.4. The molecule has 0 spiro atoms. The van der Waals surface area contributed by atoms with Gasteiger partial charge in [0, 0.05) is 30.4 Å². The molecule has 1 aliphatic rings. The molecule has 0 saturated heterocycles. The summed E-state index contributed by atoms with van der Waals surface area (Å²) in [6, 6.07) is 7.57. The second kappa shape index (κ2) is 4.70. The Morgan fingerprint density at radius 3 is 2.95 bits per heavy atom. The van der Waals surface area contributed by atoms with E-state index >= 15 is 0 Å². The van der Waals surface area contributed by atoms with Crippen molar-refractivity contribution in [3.05, 3.63) is 41.2 Å². The summed E-state index contributed by atoms with van der Waals surface area (Å²) in [5.41, 5.74) is 1.86. The Bertz CT molecular complexity index is 636. The summed E-state index contributed by atoms with van der Waals surface area (Å²) >= 11 is 6.19. The molecule has 98 valence electrons. The molecule has 2 aromatic rings. The lowest BCUT2D eigenvalue weighted by Gasteiger charge is -2.22. The predicted octanol–water partition coefficient (Wildman–Crippen LogP) is 2.85. The fourth-order valence-corrected chi connectivity index (χ4v) is 2.75. The summed E-state index contributed by atoms with van der Waals surface area (Å²) in [4.78, 5) is 15.5. The molecule has 0 aliphatic carbocycles. The number of rotatable bonds is 2. The van der Waals surface area contributed by atoms with Gasteiger partial charge < -0.3 is 9.67 Å². The van der Waals surface area contributed by atoms with Crippen LogP contribution in [0.4, 0.5) is 0 Å². The Labute approximate surface area is 115 Å². The van der Waals surface area contributed by atoms with E-state index in [1.807, 2.05) is 24.3 Å². The van der Waals surface area contributed by atoms with Crippen molar-refractivity contribution >= 4 is 17.6 Å². The molecule has 1 N–H and O–H groups in total. The number of nitrogens with zero attached hydrogens (tertiary/aromatic N) is 2. The van der Waals surface area contributed by atoms with Crippen LogP contribution in [0.3, 0.4) is 0 Å². The van der Waals surface area contributed by atoms with Gasteiger partial charge in [0.15, 0.2) is 0 Å². The minimum Gasteiger partial charge on any atom is -0.481 e. The molecule has 2 heterocycles. The van der Waals surface area contributed by atoms with E-state index in [2.05, 4.69) is 9.55 Å². The molecule has 1 atom stereocenters. The van der Waals surface area contributed by atoms with Gasteiger partial charge in [-0.3, -0.25) is 4.79 Å². The number of aromatic nitrogens is 2. The maximum absolute atomic E-state index is 11.0. The zero-order valence-corrected chi connectivity index (χ0v) is 11.0. The highest BCUT2D eigenvalue weighted by Crippen LogP contribution is 2.31. The fourth-order valence-electron chi connectivity index (χ4n) is 2.53. The normalized spacial score (nSPS) is 18.1. The van der Waals surface area contributed by atoms with Crippen LogP contribution in [-0.4, -0.2) is 20.6 Å². The van der Waals surface area contributed by atoms with Gasteiger partial charge in [-0.1, -0.05) is 23.7 Å². The molecule has 1 aromatic heterocycles. The van der Waals surface area contributed by atoms with E-state index in [1.54, 1.807) is 6.20 Å². The average molecular weight is 277 g/mol. The van der Waals surface area contributed by atoms with Gasteiger partial charge in [0.05, 0.1) is 10.9 Å². The van der Waals surface area contributed by atoms with Crippen molar-refractivity contribution in [2.45, 2.75) is 19.4 Å². The maximum Gasteiger partial charge on any atom is 0.306 e. The smallest absolute Gasteiger partial charge is 0.306 e. The van der Waals surface area contributed by atoms with Crippen LogP contribution in [0, 0.1) is 5.92 Å². The van der Waals surface area contributed by atoms with Crippen molar-refractivity contribution in [1.29, 1.82) is 0 Å². The van der Waals surface area contributed by atoms with Gasteiger partial charge in [-0.05, 0) is 18.6 Å². The van der Waals surface area contributed by atoms with E-state index in [-0.39, 0.29) is 5.92 Å². The third-order valence-corrected chi connectivity index (χ3v) is 3.89. The fraction of sp³-hybridized carbons (Fsp3) is 0.286. The number of imidazole rings is 1. The van der Waals surface area contributed by atoms with Crippen molar-refractivity contribution in [3.63, 3.8) is 0 Å². The number of carboxylic acids is 1. The van der Waals surface area contributed by atoms with Gasteiger partial charge in [-0.2, -0.15) is 0 Å². The van der Waals surface area contributed by atoms with E-state index < -0.39 is 5.97 Å². The Hall–Kier alpha value is -1.81. The molecule has 0 radical (unpaired) electrons. The Kier molecular flexibility index (Phi) is 3.03. The highest BCUT2D eigenvalue weighted by Gasteiger charge is 2.26. The molecule has 0 bridgehead atoms. The maximum atomic E-state index is 11.0. The van der Waals surface area contributed by atoms with Crippen LogP contribution < -0.4 is 0 Å². The summed E-state index contributed by atoms with van der Waals surface area (Å²) < 4.78 is 2.07. The predicted molar refractivity (Wildman–Crippen MR) is 72.1 cm³/mol. The molecule has 5 heteroatoms. The van der Waals surface area contributed by atoms with Crippen LogP contribution in [0.2, 0.25) is 5.02 Å². The number of carbonyl (C=O) groups is 1. The lowest BCUT2D eigenvalue weighted by molar-refractivity contribution is -0.142. The highest BCUT2D eigenvalue weighted by atomic mass is 35.5. The second-order valence-corrected chi connectivity index (χ2v) is 5.14. The molecular formula is C14H13ClN2O2. The first-order valence-electron chi connectivity index (χ1n) is 6.19. The summed E-state index contributed by atoms with van der Waals surface area (Å²) in [5.74, 6) is -0.209. The zero-order valence-electron chi connectivity index (χ0n) is 10.2. The number of hydrogen-bond donors (Lipinski definition) is 1. The van der Waals surface area contributed by atoms with Crippen LogP contribution in [0.1, 0.15) is 12.1 Å². The van der Waals surface area contributed by atoms with E-state index in [0.717, 1.165) is 17.1 Å². The van der Waals surface area contributed by atoms with E-state index in [9.17, 15) is 4.79 Å². The quantitative estimate of drug-likeness (QED) is 0.918.